The van der Waals surface area contributed by atoms with Crippen LogP contribution in [0.2, 0.25) is 0 Å². The molecule has 1 aliphatic carbocycles. The zero-order chi connectivity index (χ0) is 10.4. The van der Waals surface area contributed by atoms with Crippen molar-refractivity contribution in [3.8, 4) is 0 Å². The summed E-state index contributed by atoms with van der Waals surface area (Å²) in [6.07, 6.45) is 7.20. The zero-order valence-electron chi connectivity index (χ0n) is 10.2. The summed E-state index contributed by atoms with van der Waals surface area (Å²) in [4.78, 5) is 0. The Morgan fingerprint density at radius 1 is 1.07 bits per heavy atom. The number of hydrogen-bond donors (Lipinski definition) is 1. The van der Waals surface area contributed by atoms with Crippen molar-refractivity contribution in [3.05, 3.63) is 0 Å². The molecule has 2 unspecified atom stereocenters. The molecule has 1 fully saturated rings. The van der Waals surface area contributed by atoms with Gasteiger partial charge in [-0.3, -0.25) is 0 Å². The molecule has 1 heteroatoms. The average Bonchev–Trinajstić information content (AvgIpc) is 2.18. The van der Waals surface area contributed by atoms with Crippen LogP contribution in [-0.2, 0) is 0 Å². The predicted molar refractivity (Wildman–Crippen MR) is 63.4 cm³/mol. The molecule has 1 aliphatic rings. The van der Waals surface area contributed by atoms with Crippen molar-refractivity contribution < 1.29 is 0 Å². The second-order valence-electron chi connectivity index (χ2n) is 4.82. The first-order chi connectivity index (χ1) is 6.81. The molecule has 84 valence electrons. The van der Waals surface area contributed by atoms with Crippen molar-refractivity contribution >= 4 is 0 Å². The second kappa shape index (κ2) is 6.44. The van der Waals surface area contributed by atoms with E-state index in [0.717, 1.165) is 24.3 Å². The van der Waals surface area contributed by atoms with Crippen molar-refractivity contribution in [2.45, 2.75) is 52.9 Å². The molecule has 0 aromatic heterocycles. The van der Waals surface area contributed by atoms with Crippen LogP contribution in [0.25, 0.3) is 0 Å². The normalized spacial score (nSPS) is 26.6. The summed E-state index contributed by atoms with van der Waals surface area (Å²) in [5.41, 5.74) is 0. The van der Waals surface area contributed by atoms with Crippen LogP contribution in [0.1, 0.15) is 52.9 Å². The largest absolute Gasteiger partial charge is 0.317 e. The first-order valence-corrected chi connectivity index (χ1v) is 6.52. The van der Waals surface area contributed by atoms with Crippen LogP contribution in [-0.4, -0.2) is 13.1 Å². The number of rotatable bonds is 7. The Morgan fingerprint density at radius 2 is 1.71 bits per heavy atom. The van der Waals surface area contributed by atoms with Gasteiger partial charge in [-0.1, -0.05) is 33.6 Å². The van der Waals surface area contributed by atoms with Gasteiger partial charge in [0.1, 0.15) is 0 Å². The van der Waals surface area contributed by atoms with Crippen LogP contribution in [0.3, 0.4) is 0 Å². The third-order valence-electron chi connectivity index (χ3n) is 4.02. The van der Waals surface area contributed by atoms with Gasteiger partial charge in [-0.2, -0.15) is 0 Å². The lowest BCUT2D eigenvalue weighted by atomic mass is 9.69. The Morgan fingerprint density at radius 3 is 2.14 bits per heavy atom. The van der Waals surface area contributed by atoms with E-state index in [1.54, 1.807) is 0 Å². The van der Waals surface area contributed by atoms with Crippen LogP contribution in [0.5, 0.6) is 0 Å². The van der Waals surface area contributed by atoms with Crippen LogP contribution in [0.15, 0.2) is 0 Å². The molecule has 0 aliphatic heterocycles. The van der Waals surface area contributed by atoms with E-state index in [-0.39, 0.29) is 0 Å². The molecule has 1 N–H and O–H groups in total. The molecule has 1 nitrogen and oxygen atoms in total. The topological polar surface area (TPSA) is 12.0 Å². The Hall–Kier alpha value is -0.0400. The fourth-order valence-electron chi connectivity index (χ4n) is 2.60. The van der Waals surface area contributed by atoms with Gasteiger partial charge in [-0.15, -0.1) is 0 Å². The lowest BCUT2D eigenvalue weighted by Crippen LogP contribution is -2.36. The van der Waals surface area contributed by atoms with Crippen LogP contribution in [0.4, 0.5) is 0 Å². The first kappa shape index (κ1) is 12.0. The Labute approximate surface area is 89.7 Å². The molecule has 2 atom stereocenters. The Bertz CT molecular complexity index is 140. The highest BCUT2D eigenvalue weighted by molar-refractivity contribution is 4.83. The predicted octanol–water partition coefficient (Wildman–Crippen LogP) is 3.45. The molecule has 0 radical (unpaired) electrons. The number of nitrogens with one attached hydrogen (secondary N) is 1. The summed E-state index contributed by atoms with van der Waals surface area (Å²) in [7, 11) is 0. The third kappa shape index (κ3) is 3.27. The first-order valence-electron chi connectivity index (χ1n) is 6.52. The molecule has 0 aromatic carbocycles. The van der Waals surface area contributed by atoms with E-state index >= 15 is 0 Å². The molecule has 1 rings (SSSR count). The molecule has 0 amide bonds. The summed E-state index contributed by atoms with van der Waals surface area (Å²) in [6, 6.07) is 0. The fourth-order valence-corrected chi connectivity index (χ4v) is 2.60. The van der Waals surface area contributed by atoms with E-state index in [1.165, 1.54) is 38.6 Å². The second-order valence-corrected chi connectivity index (χ2v) is 4.82. The minimum Gasteiger partial charge on any atom is -0.317 e. The SMILES string of the molecule is CCNCC1CCC1CC(CC)CC. The van der Waals surface area contributed by atoms with E-state index in [9.17, 15) is 0 Å². The molecule has 0 spiro atoms. The summed E-state index contributed by atoms with van der Waals surface area (Å²) in [5, 5.41) is 3.49. The van der Waals surface area contributed by atoms with Crippen LogP contribution < -0.4 is 5.32 Å². The van der Waals surface area contributed by atoms with Gasteiger partial charge in [-0.05, 0) is 50.1 Å². The quantitative estimate of drug-likeness (QED) is 0.659. The average molecular weight is 197 g/mol. The standard InChI is InChI=1S/C13H27N/c1-4-11(5-2)9-12-7-8-13(12)10-14-6-3/h11-14H,4-10H2,1-3H3. The Balaban J connectivity index is 2.17. The summed E-state index contributed by atoms with van der Waals surface area (Å²) in [5.74, 6) is 3.03. The lowest BCUT2D eigenvalue weighted by Gasteiger charge is -2.38. The molecular formula is C13H27N. The van der Waals surface area contributed by atoms with E-state index in [0.29, 0.717) is 0 Å². The minimum atomic E-state index is 0.990. The van der Waals surface area contributed by atoms with Crippen LogP contribution >= 0.6 is 0 Å². The van der Waals surface area contributed by atoms with E-state index in [1.807, 2.05) is 0 Å². The molecule has 14 heavy (non-hydrogen) atoms. The summed E-state index contributed by atoms with van der Waals surface area (Å²) >= 11 is 0. The van der Waals surface area contributed by atoms with Crippen molar-refractivity contribution in [2.75, 3.05) is 13.1 Å². The lowest BCUT2D eigenvalue weighted by molar-refractivity contribution is 0.135. The third-order valence-corrected chi connectivity index (χ3v) is 4.02. The van der Waals surface area contributed by atoms with Crippen molar-refractivity contribution in [1.82, 2.24) is 5.32 Å². The van der Waals surface area contributed by atoms with E-state index in [4.69, 9.17) is 0 Å². The van der Waals surface area contributed by atoms with Gasteiger partial charge in [0.25, 0.3) is 0 Å². The maximum Gasteiger partial charge on any atom is -0.00180 e. The molecule has 0 saturated heterocycles. The van der Waals surface area contributed by atoms with Gasteiger partial charge in [0.15, 0.2) is 0 Å². The maximum atomic E-state index is 3.49. The minimum absolute atomic E-state index is 0.990. The molecule has 0 aromatic rings. The highest BCUT2D eigenvalue weighted by Crippen LogP contribution is 2.39. The van der Waals surface area contributed by atoms with Crippen LogP contribution in [0, 0.1) is 17.8 Å². The van der Waals surface area contributed by atoms with Gasteiger partial charge >= 0.3 is 0 Å². The molecular weight excluding hydrogens is 170 g/mol. The molecule has 1 saturated carbocycles. The monoisotopic (exact) mass is 197 g/mol. The van der Waals surface area contributed by atoms with Crippen molar-refractivity contribution in [2.24, 2.45) is 17.8 Å². The summed E-state index contributed by atoms with van der Waals surface area (Å²) in [6.45, 7) is 9.28. The number of hydrogen-bond acceptors (Lipinski definition) is 1. The maximum absolute atomic E-state index is 3.49. The van der Waals surface area contributed by atoms with E-state index in [2.05, 4.69) is 26.1 Å². The highest BCUT2D eigenvalue weighted by atomic mass is 14.9. The van der Waals surface area contributed by atoms with Gasteiger partial charge in [0.2, 0.25) is 0 Å². The van der Waals surface area contributed by atoms with Gasteiger partial charge in [-0.25, -0.2) is 0 Å². The highest BCUT2D eigenvalue weighted by Gasteiger charge is 2.31. The zero-order valence-corrected chi connectivity index (χ0v) is 10.2. The molecule has 0 bridgehead atoms. The molecule has 0 heterocycles. The van der Waals surface area contributed by atoms with Crippen molar-refractivity contribution in [3.63, 3.8) is 0 Å². The van der Waals surface area contributed by atoms with Gasteiger partial charge < -0.3 is 5.32 Å². The van der Waals surface area contributed by atoms with Gasteiger partial charge in [0, 0.05) is 0 Å². The van der Waals surface area contributed by atoms with E-state index < -0.39 is 0 Å². The fraction of sp³-hybridized carbons (Fsp3) is 1.00. The summed E-state index contributed by atoms with van der Waals surface area (Å²) < 4.78 is 0. The smallest absolute Gasteiger partial charge is 0.00180 e. The van der Waals surface area contributed by atoms with Gasteiger partial charge in [0.05, 0.1) is 0 Å². The Kier molecular flexibility index (Phi) is 5.54. The van der Waals surface area contributed by atoms with Crippen molar-refractivity contribution in [1.29, 1.82) is 0 Å².